The van der Waals surface area contributed by atoms with Crippen molar-refractivity contribution in [3.05, 3.63) is 12.7 Å². The monoisotopic (exact) mass is 271 g/mol. The molecule has 0 aliphatic carbocycles. The zero-order chi connectivity index (χ0) is 15.1. The maximum absolute atomic E-state index is 11.9. The van der Waals surface area contributed by atoms with Crippen LogP contribution in [0, 0.1) is 5.92 Å². The summed E-state index contributed by atoms with van der Waals surface area (Å²) in [6, 6.07) is -0.709. The number of alkyl carbamates (subject to hydrolysis) is 1. The van der Waals surface area contributed by atoms with Crippen LogP contribution in [0.2, 0.25) is 0 Å². The smallest absolute Gasteiger partial charge is 0.408 e. The van der Waals surface area contributed by atoms with Crippen LogP contribution < -0.4 is 5.32 Å². The SMILES string of the molecule is C=CCOC(=O)[C@@H](NC(=O)OC(C)(C)C)[C@@H](C)CC. The van der Waals surface area contributed by atoms with Crippen molar-refractivity contribution >= 4 is 12.1 Å². The molecular weight excluding hydrogens is 246 g/mol. The van der Waals surface area contributed by atoms with Crippen molar-refractivity contribution in [3.8, 4) is 0 Å². The van der Waals surface area contributed by atoms with Crippen LogP contribution in [0.25, 0.3) is 0 Å². The molecule has 0 aromatic heterocycles. The number of carbonyl (C=O) groups excluding carboxylic acids is 2. The third kappa shape index (κ3) is 7.49. The van der Waals surface area contributed by atoms with Gasteiger partial charge in [0.05, 0.1) is 0 Å². The van der Waals surface area contributed by atoms with Gasteiger partial charge in [-0.1, -0.05) is 32.9 Å². The second kappa shape index (κ2) is 7.81. The van der Waals surface area contributed by atoms with Gasteiger partial charge in [0, 0.05) is 0 Å². The topological polar surface area (TPSA) is 64.6 Å². The van der Waals surface area contributed by atoms with Crippen LogP contribution in [0.5, 0.6) is 0 Å². The van der Waals surface area contributed by atoms with E-state index in [2.05, 4.69) is 11.9 Å². The van der Waals surface area contributed by atoms with Gasteiger partial charge < -0.3 is 14.8 Å². The Morgan fingerprint density at radius 3 is 2.37 bits per heavy atom. The first-order chi connectivity index (χ1) is 8.71. The molecule has 0 aromatic rings. The highest BCUT2D eigenvalue weighted by Gasteiger charge is 2.29. The van der Waals surface area contributed by atoms with E-state index in [1.165, 1.54) is 6.08 Å². The molecule has 0 unspecified atom stereocenters. The molecule has 5 heteroatoms. The second-order valence-corrected chi connectivity index (χ2v) is 5.43. The zero-order valence-corrected chi connectivity index (χ0v) is 12.5. The van der Waals surface area contributed by atoms with Crippen LogP contribution in [0.1, 0.15) is 41.0 Å². The maximum Gasteiger partial charge on any atom is 0.408 e. The molecule has 0 aromatic carbocycles. The summed E-state index contributed by atoms with van der Waals surface area (Å²) in [5, 5.41) is 2.56. The van der Waals surface area contributed by atoms with E-state index < -0.39 is 23.7 Å². The molecule has 110 valence electrons. The first-order valence-electron chi connectivity index (χ1n) is 6.48. The average Bonchev–Trinajstić information content (AvgIpc) is 2.29. The molecule has 0 saturated heterocycles. The number of rotatable bonds is 6. The Kier molecular flexibility index (Phi) is 7.19. The molecule has 0 heterocycles. The summed E-state index contributed by atoms with van der Waals surface area (Å²) in [4.78, 5) is 23.6. The Morgan fingerprint density at radius 2 is 1.95 bits per heavy atom. The van der Waals surface area contributed by atoms with Crippen LogP contribution in [0.15, 0.2) is 12.7 Å². The van der Waals surface area contributed by atoms with Crippen molar-refractivity contribution in [2.45, 2.75) is 52.7 Å². The van der Waals surface area contributed by atoms with E-state index in [0.717, 1.165) is 6.42 Å². The van der Waals surface area contributed by atoms with E-state index in [1.54, 1.807) is 20.8 Å². The summed E-state index contributed by atoms with van der Waals surface area (Å²) >= 11 is 0. The number of nitrogens with one attached hydrogen (secondary N) is 1. The third-order valence-electron chi connectivity index (χ3n) is 2.48. The largest absolute Gasteiger partial charge is 0.460 e. The summed E-state index contributed by atoms with van der Waals surface area (Å²) in [6.07, 6.45) is 1.61. The summed E-state index contributed by atoms with van der Waals surface area (Å²) < 4.78 is 10.1. The van der Waals surface area contributed by atoms with Gasteiger partial charge in [-0.25, -0.2) is 9.59 Å². The number of hydrogen-bond donors (Lipinski definition) is 1. The minimum absolute atomic E-state index is 0.0372. The fourth-order valence-electron chi connectivity index (χ4n) is 1.33. The molecule has 0 bridgehead atoms. The summed E-state index contributed by atoms with van der Waals surface area (Å²) in [7, 11) is 0. The Hall–Kier alpha value is -1.52. The number of carbonyl (C=O) groups is 2. The van der Waals surface area contributed by atoms with E-state index in [9.17, 15) is 9.59 Å². The quantitative estimate of drug-likeness (QED) is 0.596. The molecule has 0 aliphatic rings. The molecule has 0 rings (SSSR count). The molecule has 5 nitrogen and oxygen atoms in total. The lowest BCUT2D eigenvalue weighted by atomic mass is 9.99. The van der Waals surface area contributed by atoms with Crippen LogP contribution in [-0.2, 0) is 14.3 Å². The molecule has 1 amide bonds. The molecule has 19 heavy (non-hydrogen) atoms. The number of esters is 1. The van der Waals surface area contributed by atoms with E-state index in [1.807, 2.05) is 13.8 Å². The van der Waals surface area contributed by atoms with E-state index in [0.29, 0.717) is 0 Å². The van der Waals surface area contributed by atoms with Crippen molar-refractivity contribution in [1.82, 2.24) is 5.32 Å². The average molecular weight is 271 g/mol. The fourth-order valence-corrected chi connectivity index (χ4v) is 1.33. The summed E-state index contributed by atoms with van der Waals surface area (Å²) in [6.45, 7) is 12.7. The van der Waals surface area contributed by atoms with Gasteiger partial charge in [-0.2, -0.15) is 0 Å². The van der Waals surface area contributed by atoms with Crippen molar-refractivity contribution < 1.29 is 19.1 Å². The molecule has 1 N–H and O–H groups in total. The van der Waals surface area contributed by atoms with E-state index >= 15 is 0 Å². The normalized spacial score (nSPS) is 14.2. The fraction of sp³-hybridized carbons (Fsp3) is 0.714. The molecule has 0 aliphatic heterocycles. The highest BCUT2D eigenvalue weighted by atomic mass is 16.6. The minimum atomic E-state index is -0.709. The summed E-state index contributed by atoms with van der Waals surface area (Å²) in [5.41, 5.74) is -0.602. The Labute approximate surface area is 115 Å². The second-order valence-electron chi connectivity index (χ2n) is 5.43. The standard InChI is InChI=1S/C14H25NO4/c1-7-9-18-12(16)11(10(3)8-2)15-13(17)19-14(4,5)6/h7,10-11H,1,8-9H2,2-6H3,(H,15,17)/t10-,11-/m0/s1. The lowest BCUT2D eigenvalue weighted by molar-refractivity contribution is -0.146. The van der Waals surface area contributed by atoms with Gasteiger partial charge in [-0.15, -0.1) is 0 Å². The van der Waals surface area contributed by atoms with Crippen LogP contribution in [0.4, 0.5) is 4.79 Å². The molecule has 0 spiro atoms. The minimum Gasteiger partial charge on any atom is -0.460 e. The van der Waals surface area contributed by atoms with Gasteiger partial charge >= 0.3 is 12.1 Å². The lowest BCUT2D eigenvalue weighted by Crippen LogP contribution is -2.47. The van der Waals surface area contributed by atoms with Gasteiger partial charge in [0.15, 0.2) is 0 Å². The van der Waals surface area contributed by atoms with Crippen LogP contribution >= 0.6 is 0 Å². The van der Waals surface area contributed by atoms with Crippen molar-refractivity contribution in [3.63, 3.8) is 0 Å². The molecule has 0 saturated carbocycles. The maximum atomic E-state index is 11.9. The number of ether oxygens (including phenoxy) is 2. The molecular formula is C14H25NO4. The van der Waals surface area contributed by atoms with Crippen LogP contribution in [0.3, 0.4) is 0 Å². The Balaban J connectivity index is 4.64. The van der Waals surface area contributed by atoms with Crippen molar-refractivity contribution in [2.75, 3.05) is 6.61 Å². The van der Waals surface area contributed by atoms with Gasteiger partial charge in [0.25, 0.3) is 0 Å². The van der Waals surface area contributed by atoms with Crippen LogP contribution in [-0.4, -0.2) is 30.3 Å². The highest BCUT2D eigenvalue weighted by molar-refractivity contribution is 5.81. The first-order valence-corrected chi connectivity index (χ1v) is 6.48. The number of hydrogen-bond acceptors (Lipinski definition) is 4. The third-order valence-corrected chi connectivity index (χ3v) is 2.48. The summed E-state index contributed by atoms with van der Waals surface area (Å²) in [5.74, 6) is -0.509. The Bertz CT molecular complexity index is 320. The lowest BCUT2D eigenvalue weighted by Gasteiger charge is -2.25. The van der Waals surface area contributed by atoms with Gasteiger partial charge in [-0.3, -0.25) is 0 Å². The Morgan fingerprint density at radius 1 is 1.37 bits per heavy atom. The van der Waals surface area contributed by atoms with E-state index in [4.69, 9.17) is 9.47 Å². The van der Waals surface area contributed by atoms with Crippen molar-refractivity contribution in [2.24, 2.45) is 5.92 Å². The van der Waals surface area contributed by atoms with Crippen molar-refractivity contribution in [1.29, 1.82) is 0 Å². The molecule has 0 fully saturated rings. The van der Waals surface area contributed by atoms with Gasteiger partial charge in [0.2, 0.25) is 0 Å². The molecule has 0 radical (unpaired) electrons. The van der Waals surface area contributed by atoms with E-state index in [-0.39, 0.29) is 12.5 Å². The predicted molar refractivity (Wildman–Crippen MR) is 73.8 cm³/mol. The van der Waals surface area contributed by atoms with Gasteiger partial charge in [-0.05, 0) is 26.7 Å². The predicted octanol–water partition coefficient (Wildman–Crippen LogP) is 2.66. The molecule has 2 atom stereocenters. The zero-order valence-electron chi connectivity index (χ0n) is 12.5. The van der Waals surface area contributed by atoms with Gasteiger partial charge in [0.1, 0.15) is 18.2 Å². The number of amides is 1. The highest BCUT2D eigenvalue weighted by Crippen LogP contribution is 2.12. The first kappa shape index (κ1) is 17.5.